The van der Waals surface area contributed by atoms with Crippen LogP contribution in [0, 0.1) is 0 Å². The summed E-state index contributed by atoms with van der Waals surface area (Å²) in [6.45, 7) is 5.59. The SMILES string of the molecule is CNC(C)CC(C)Sc1nnc2n1CCCCC2. The van der Waals surface area contributed by atoms with Gasteiger partial charge in [0.05, 0.1) is 0 Å². The predicted octanol–water partition coefficient (Wildman–Crippen LogP) is 2.48. The topological polar surface area (TPSA) is 42.7 Å². The molecule has 1 aliphatic rings. The number of hydrogen-bond acceptors (Lipinski definition) is 4. The molecular formula is C13H24N4S. The van der Waals surface area contributed by atoms with Crippen molar-refractivity contribution in [2.75, 3.05) is 7.05 Å². The van der Waals surface area contributed by atoms with Gasteiger partial charge in [-0.1, -0.05) is 25.1 Å². The minimum absolute atomic E-state index is 0.555. The van der Waals surface area contributed by atoms with Crippen molar-refractivity contribution in [1.82, 2.24) is 20.1 Å². The zero-order valence-electron chi connectivity index (χ0n) is 11.6. The maximum absolute atomic E-state index is 4.37. The van der Waals surface area contributed by atoms with Crippen LogP contribution in [0.2, 0.25) is 0 Å². The molecule has 2 rings (SSSR count). The number of aromatic nitrogens is 3. The number of thioether (sulfide) groups is 1. The lowest BCUT2D eigenvalue weighted by atomic mass is 10.2. The van der Waals surface area contributed by atoms with E-state index in [1.54, 1.807) is 0 Å². The Kier molecular flexibility index (Phi) is 5.06. The lowest BCUT2D eigenvalue weighted by Crippen LogP contribution is -2.24. The van der Waals surface area contributed by atoms with Crippen LogP contribution in [-0.2, 0) is 13.0 Å². The third-order valence-electron chi connectivity index (χ3n) is 3.56. The van der Waals surface area contributed by atoms with Crippen molar-refractivity contribution in [3.8, 4) is 0 Å². The molecule has 0 saturated heterocycles. The molecule has 2 heterocycles. The molecule has 2 unspecified atom stereocenters. The van der Waals surface area contributed by atoms with Crippen molar-refractivity contribution in [3.63, 3.8) is 0 Å². The molecule has 5 heteroatoms. The van der Waals surface area contributed by atoms with E-state index in [1.165, 1.54) is 25.1 Å². The van der Waals surface area contributed by atoms with E-state index in [4.69, 9.17) is 0 Å². The first kappa shape index (κ1) is 13.9. The summed E-state index contributed by atoms with van der Waals surface area (Å²) < 4.78 is 2.33. The molecule has 0 aliphatic carbocycles. The van der Waals surface area contributed by atoms with E-state index in [1.807, 2.05) is 18.8 Å². The molecule has 1 aromatic heterocycles. The lowest BCUT2D eigenvalue weighted by molar-refractivity contribution is 0.559. The number of nitrogens with one attached hydrogen (secondary N) is 1. The predicted molar refractivity (Wildman–Crippen MR) is 76.0 cm³/mol. The largest absolute Gasteiger partial charge is 0.317 e. The van der Waals surface area contributed by atoms with Crippen LogP contribution in [0.15, 0.2) is 5.16 Å². The van der Waals surface area contributed by atoms with Crippen LogP contribution < -0.4 is 5.32 Å². The highest BCUT2D eigenvalue weighted by Gasteiger charge is 2.17. The van der Waals surface area contributed by atoms with Gasteiger partial charge in [0.1, 0.15) is 5.82 Å². The zero-order chi connectivity index (χ0) is 13.0. The van der Waals surface area contributed by atoms with Gasteiger partial charge >= 0.3 is 0 Å². The fourth-order valence-corrected chi connectivity index (χ4v) is 3.55. The van der Waals surface area contributed by atoms with Crippen LogP contribution in [0.1, 0.15) is 45.4 Å². The molecule has 0 radical (unpaired) electrons. The highest BCUT2D eigenvalue weighted by molar-refractivity contribution is 7.99. The van der Waals surface area contributed by atoms with E-state index in [-0.39, 0.29) is 0 Å². The normalized spacial score (nSPS) is 19.1. The summed E-state index contributed by atoms with van der Waals surface area (Å²) in [5, 5.41) is 13.7. The Morgan fingerprint density at radius 1 is 1.28 bits per heavy atom. The lowest BCUT2D eigenvalue weighted by Gasteiger charge is -2.16. The van der Waals surface area contributed by atoms with Crippen LogP contribution in [0.25, 0.3) is 0 Å². The number of hydrogen-bond donors (Lipinski definition) is 1. The second-order valence-corrected chi connectivity index (χ2v) is 6.62. The van der Waals surface area contributed by atoms with Gasteiger partial charge in [-0.15, -0.1) is 10.2 Å². The summed E-state index contributed by atoms with van der Waals surface area (Å²) >= 11 is 1.87. The summed E-state index contributed by atoms with van der Waals surface area (Å²) in [4.78, 5) is 0. The van der Waals surface area contributed by atoms with Crippen molar-refractivity contribution < 1.29 is 0 Å². The van der Waals surface area contributed by atoms with E-state index in [0.717, 1.165) is 24.5 Å². The third kappa shape index (κ3) is 3.48. The molecule has 1 N–H and O–H groups in total. The van der Waals surface area contributed by atoms with Gasteiger partial charge in [0, 0.05) is 24.3 Å². The van der Waals surface area contributed by atoms with Gasteiger partial charge in [-0.3, -0.25) is 0 Å². The number of fused-ring (bicyclic) bond motifs is 1. The summed E-state index contributed by atoms with van der Waals surface area (Å²) in [5.74, 6) is 1.18. The first-order chi connectivity index (χ1) is 8.70. The number of rotatable bonds is 5. The van der Waals surface area contributed by atoms with Crippen LogP contribution in [0.4, 0.5) is 0 Å². The van der Waals surface area contributed by atoms with Crippen LogP contribution in [0.5, 0.6) is 0 Å². The van der Waals surface area contributed by atoms with Crippen molar-refractivity contribution in [1.29, 1.82) is 0 Å². The maximum Gasteiger partial charge on any atom is 0.191 e. The highest BCUT2D eigenvalue weighted by atomic mass is 32.2. The Hall–Kier alpha value is -0.550. The molecule has 0 fully saturated rings. The molecule has 102 valence electrons. The maximum atomic E-state index is 4.37. The van der Waals surface area contributed by atoms with Gasteiger partial charge in [0.25, 0.3) is 0 Å². The van der Waals surface area contributed by atoms with Crippen molar-refractivity contribution in [3.05, 3.63) is 5.82 Å². The zero-order valence-corrected chi connectivity index (χ0v) is 12.5. The molecule has 1 aliphatic heterocycles. The Labute approximate surface area is 114 Å². The van der Waals surface area contributed by atoms with Gasteiger partial charge in [-0.05, 0) is 33.2 Å². The van der Waals surface area contributed by atoms with Gasteiger partial charge in [0.15, 0.2) is 5.16 Å². The van der Waals surface area contributed by atoms with Gasteiger partial charge in [0.2, 0.25) is 0 Å². The molecule has 0 aromatic carbocycles. The summed E-state index contributed by atoms with van der Waals surface area (Å²) in [6.07, 6.45) is 6.09. The van der Waals surface area contributed by atoms with Gasteiger partial charge < -0.3 is 9.88 Å². The van der Waals surface area contributed by atoms with E-state index >= 15 is 0 Å². The summed E-state index contributed by atoms with van der Waals surface area (Å²) in [5.41, 5.74) is 0. The third-order valence-corrected chi connectivity index (χ3v) is 4.67. The molecule has 0 bridgehead atoms. The standard InChI is InChI=1S/C13H24N4S/c1-10(14-3)9-11(2)18-13-16-15-12-7-5-4-6-8-17(12)13/h10-11,14H,4-9H2,1-3H3. The van der Waals surface area contributed by atoms with E-state index in [9.17, 15) is 0 Å². The minimum atomic E-state index is 0.555. The number of aryl methyl sites for hydroxylation is 1. The fraction of sp³-hybridized carbons (Fsp3) is 0.846. The minimum Gasteiger partial charge on any atom is -0.317 e. The number of nitrogens with zero attached hydrogens (tertiary/aromatic N) is 3. The van der Waals surface area contributed by atoms with Gasteiger partial charge in [-0.25, -0.2) is 0 Å². The molecule has 18 heavy (non-hydrogen) atoms. The Balaban J connectivity index is 1.99. The first-order valence-corrected chi connectivity index (χ1v) is 7.84. The summed E-state index contributed by atoms with van der Waals surface area (Å²) in [6, 6.07) is 0.555. The fourth-order valence-electron chi connectivity index (χ4n) is 2.39. The van der Waals surface area contributed by atoms with E-state index < -0.39 is 0 Å². The average molecular weight is 268 g/mol. The highest BCUT2D eigenvalue weighted by Crippen LogP contribution is 2.27. The Morgan fingerprint density at radius 3 is 2.89 bits per heavy atom. The first-order valence-electron chi connectivity index (χ1n) is 6.96. The van der Waals surface area contributed by atoms with E-state index in [2.05, 4.69) is 33.9 Å². The quantitative estimate of drug-likeness (QED) is 0.833. The molecular weight excluding hydrogens is 244 g/mol. The van der Waals surface area contributed by atoms with E-state index in [0.29, 0.717) is 11.3 Å². The second-order valence-electron chi connectivity index (χ2n) is 5.21. The molecule has 2 atom stereocenters. The Bertz CT molecular complexity index is 377. The van der Waals surface area contributed by atoms with Crippen LogP contribution >= 0.6 is 11.8 Å². The molecule has 0 amide bonds. The average Bonchev–Trinajstić information content (AvgIpc) is 2.59. The second kappa shape index (κ2) is 6.57. The van der Waals surface area contributed by atoms with Gasteiger partial charge in [-0.2, -0.15) is 0 Å². The summed E-state index contributed by atoms with van der Waals surface area (Å²) in [7, 11) is 2.02. The molecule has 0 saturated carbocycles. The monoisotopic (exact) mass is 268 g/mol. The smallest absolute Gasteiger partial charge is 0.191 e. The molecule has 1 aromatic rings. The van der Waals surface area contributed by atoms with Crippen molar-refractivity contribution in [2.45, 2.75) is 68.9 Å². The molecule has 4 nitrogen and oxygen atoms in total. The van der Waals surface area contributed by atoms with Crippen LogP contribution in [-0.4, -0.2) is 33.1 Å². The molecule has 0 spiro atoms. The van der Waals surface area contributed by atoms with Crippen molar-refractivity contribution in [2.24, 2.45) is 0 Å². The van der Waals surface area contributed by atoms with Crippen LogP contribution in [0.3, 0.4) is 0 Å². The van der Waals surface area contributed by atoms with Crippen molar-refractivity contribution >= 4 is 11.8 Å². The Morgan fingerprint density at radius 2 is 2.11 bits per heavy atom.